The number of pyridine rings is 1. The first-order valence-corrected chi connectivity index (χ1v) is 9.94. The van der Waals surface area contributed by atoms with Gasteiger partial charge in [-0.25, -0.2) is 9.78 Å². The van der Waals surface area contributed by atoms with Gasteiger partial charge in [-0.05, 0) is 31.2 Å². The van der Waals surface area contributed by atoms with Crippen LogP contribution in [0, 0.1) is 0 Å². The molecule has 4 rings (SSSR count). The molecule has 7 nitrogen and oxygen atoms in total. The summed E-state index contributed by atoms with van der Waals surface area (Å²) in [6.07, 6.45) is -1.57. The maximum atomic E-state index is 11.7. The van der Waals surface area contributed by atoms with Crippen molar-refractivity contribution in [3.8, 4) is 5.75 Å². The van der Waals surface area contributed by atoms with Gasteiger partial charge in [0, 0.05) is 22.0 Å². The fourth-order valence-electron chi connectivity index (χ4n) is 3.50. The van der Waals surface area contributed by atoms with E-state index in [-0.39, 0.29) is 6.61 Å². The lowest BCUT2D eigenvalue weighted by Crippen LogP contribution is -2.14. The molecule has 0 aliphatic heterocycles. The SMILES string of the molecule is CCOC(=O)Nc1cccc(C(O)Nc2c3ccccc3nc3c(OC)cccc23)c1. The number of hydrogen-bond acceptors (Lipinski definition) is 6. The molecule has 1 heterocycles. The van der Waals surface area contributed by atoms with Gasteiger partial charge in [-0.15, -0.1) is 0 Å². The zero-order valence-electron chi connectivity index (χ0n) is 17.3. The highest BCUT2D eigenvalue weighted by Gasteiger charge is 2.16. The van der Waals surface area contributed by atoms with Crippen LogP contribution in [0.2, 0.25) is 0 Å². The monoisotopic (exact) mass is 417 g/mol. The molecular weight excluding hydrogens is 394 g/mol. The van der Waals surface area contributed by atoms with Gasteiger partial charge < -0.3 is 19.9 Å². The molecule has 31 heavy (non-hydrogen) atoms. The number of methoxy groups -OCH3 is 1. The fraction of sp³-hybridized carbons (Fsp3) is 0.167. The Bertz CT molecular complexity index is 1240. The molecule has 7 heteroatoms. The number of carbonyl (C=O) groups is 1. The third kappa shape index (κ3) is 4.22. The van der Waals surface area contributed by atoms with Crippen LogP contribution >= 0.6 is 0 Å². The number of aliphatic hydroxyl groups is 1. The first-order chi connectivity index (χ1) is 15.1. The summed E-state index contributed by atoms with van der Waals surface area (Å²) in [5, 5.41) is 18.6. The number of anilines is 2. The Labute approximate surface area is 179 Å². The minimum absolute atomic E-state index is 0.279. The number of ether oxygens (including phenoxy) is 2. The third-order valence-corrected chi connectivity index (χ3v) is 4.90. The highest BCUT2D eigenvalue weighted by Crippen LogP contribution is 2.36. The van der Waals surface area contributed by atoms with Gasteiger partial charge in [-0.3, -0.25) is 5.32 Å². The second kappa shape index (κ2) is 8.89. The number of nitrogens with one attached hydrogen (secondary N) is 2. The van der Waals surface area contributed by atoms with Gasteiger partial charge in [0.1, 0.15) is 11.3 Å². The molecule has 0 saturated carbocycles. The number of fused-ring (bicyclic) bond motifs is 2. The summed E-state index contributed by atoms with van der Waals surface area (Å²) in [6, 6.07) is 20.4. The Balaban J connectivity index is 1.73. The lowest BCUT2D eigenvalue weighted by Gasteiger charge is -2.19. The average Bonchev–Trinajstić information content (AvgIpc) is 2.78. The fourth-order valence-corrected chi connectivity index (χ4v) is 3.50. The molecule has 3 aromatic carbocycles. The van der Waals surface area contributed by atoms with E-state index in [2.05, 4.69) is 10.6 Å². The summed E-state index contributed by atoms with van der Waals surface area (Å²) in [6.45, 7) is 2.02. The molecular formula is C24H23N3O4. The van der Waals surface area contributed by atoms with Crippen molar-refractivity contribution in [2.24, 2.45) is 0 Å². The molecule has 158 valence electrons. The van der Waals surface area contributed by atoms with Crippen LogP contribution in [0.4, 0.5) is 16.2 Å². The van der Waals surface area contributed by atoms with E-state index in [9.17, 15) is 9.90 Å². The van der Waals surface area contributed by atoms with E-state index in [1.54, 1.807) is 38.3 Å². The van der Waals surface area contributed by atoms with Gasteiger partial charge >= 0.3 is 6.09 Å². The number of para-hydroxylation sites is 2. The largest absolute Gasteiger partial charge is 0.494 e. The van der Waals surface area contributed by atoms with Crippen LogP contribution in [0.15, 0.2) is 66.7 Å². The van der Waals surface area contributed by atoms with Crippen molar-refractivity contribution in [3.05, 3.63) is 72.3 Å². The summed E-state index contributed by atoms with van der Waals surface area (Å²) < 4.78 is 10.4. The second-order valence-electron chi connectivity index (χ2n) is 6.88. The average molecular weight is 417 g/mol. The molecule has 4 aromatic rings. The normalized spacial score (nSPS) is 11.8. The van der Waals surface area contributed by atoms with Gasteiger partial charge in [-0.2, -0.15) is 0 Å². The smallest absolute Gasteiger partial charge is 0.411 e. The Kier molecular flexibility index (Phi) is 5.86. The lowest BCUT2D eigenvalue weighted by molar-refractivity contribution is 0.168. The predicted molar refractivity (Wildman–Crippen MR) is 121 cm³/mol. The molecule has 0 aliphatic rings. The predicted octanol–water partition coefficient (Wildman–Crippen LogP) is 5.07. The van der Waals surface area contributed by atoms with Crippen molar-refractivity contribution in [3.63, 3.8) is 0 Å². The van der Waals surface area contributed by atoms with E-state index in [4.69, 9.17) is 14.5 Å². The summed E-state index contributed by atoms with van der Waals surface area (Å²) in [7, 11) is 1.61. The number of benzene rings is 3. The summed E-state index contributed by atoms with van der Waals surface area (Å²) in [4.78, 5) is 16.5. The topological polar surface area (TPSA) is 92.7 Å². The van der Waals surface area contributed by atoms with E-state index < -0.39 is 12.3 Å². The van der Waals surface area contributed by atoms with Crippen molar-refractivity contribution in [1.82, 2.24) is 4.98 Å². The zero-order valence-corrected chi connectivity index (χ0v) is 17.3. The number of rotatable bonds is 6. The van der Waals surface area contributed by atoms with Crippen molar-refractivity contribution in [2.75, 3.05) is 24.4 Å². The van der Waals surface area contributed by atoms with Crippen LogP contribution < -0.4 is 15.4 Å². The van der Waals surface area contributed by atoms with E-state index in [0.717, 1.165) is 22.0 Å². The molecule has 1 atom stereocenters. The lowest BCUT2D eigenvalue weighted by atomic mass is 10.1. The molecule has 0 aliphatic carbocycles. The van der Waals surface area contributed by atoms with Crippen LogP contribution in [0.1, 0.15) is 18.7 Å². The molecule has 0 fully saturated rings. The van der Waals surface area contributed by atoms with Gasteiger partial charge in [0.2, 0.25) is 0 Å². The highest BCUT2D eigenvalue weighted by molar-refractivity contribution is 6.09. The molecule has 1 aromatic heterocycles. The number of amides is 1. The number of hydrogen-bond donors (Lipinski definition) is 3. The second-order valence-corrected chi connectivity index (χ2v) is 6.88. The molecule has 0 spiro atoms. The quantitative estimate of drug-likeness (QED) is 0.300. The number of nitrogens with zero attached hydrogens (tertiary/aromatic N) is 1. The van der Waals surface area contributed by atoms with Gasteiger partial charge in [0.05, 0.1) is 24.9 Å². The van der Waals surface area contributed by atoms with E-state index in [1.807, 2.05) is 42.5 Å². The third-order valence-electron chi connectivity index (χ3n) is 4.90. The maximum absolute atomic E-state index is 11.7. The van der Waals surface area contributed by atoms with Crippen LogP contribution in [-0.4, -0.2) is 29.9 Å². The maximum Gasteiger partial charge on any atom is 0.411 e. The minimum Gasteiger partial charge on any atom is -0.494 e. The van der Waals surface area contributed by atoms with Crippen molar-refractivity contribution in [1.29, 1.82) is 0 Å². The van der Waals surface area contributed by atoms with Crippen molar-refractivity contribution in [2.45, 2.75) is 13.2 Å². The molecule has 1 unspecified atom stereocenters. The summed E-state index contributed by atoms with van der Waals surface area (Å²) in [5.74, 6) is 0.654. The Morgan fingerprint density at radius 3 is 2.65 bits per heavy atom. The van der Waals surface area contributed by atoms with Crippen LogP contribution in [0.5, 0.6) is 5.75 Å². The van der Waals surface area contributed by atoms with E-state index in [0.29, 0.717) is 22.5 Å². The minimum atomic E-state index is -1.02. The molecule has 0 saturated heterocycles. The van der Waals surface area contributed by atoms with E-state index >= 15 is 0 Å². The van der Waals surface area contributed by atoms with Crippen LogP contribution in [-0.2, 0) is 4.74 Å². The van der Waals surface area contributed by atoms with Crippen LogP contribution in [0.3, 0.4) is 0 Å². The van der Waals surface area contributed by atoms with Gasteiger partial charge in [-0.1, -0.05) is 42.5 Å². The number of aromatic nitrogens is 1. The van der Waals surface area contributed by atoms with Crippen molar-refractivity contribution < 1.29 is 19.4 Å². The Morgan fingerprint density at radius 1 is 1.06 bits per heavy atom. The number of carbonyl (C=O) groups excluding carboxylic acids is 1. The molecule has 0 bridgehead atoms. The zero-order chi connectivity index (χ0) is 21.8. The molecule has 3 N–H and O–H groups in total. The number of aliphatic hydroxyl groups excluding tert-OH is 1. The summed E-state index contributed by atoms with van der Waals surface area (Å²) >= 11 is 0. The van der Waals surface area contributed by atoms with E-state index in [1.165, 1.54) is 0 Å². The van der Waals surface area contributed by atoms with Gasteiger partial charge in [0.25, 0.3) is 0 Å². The first-order valence-electron chi connectivity index (χ1n) is 9.94. The molecule has 0 radical (unpaired) electrons. The first kappa shape index (κ1) is 20.4. The Morgan fingerprint density at radius 2 is 1.84 bits per heavy atom. The Hall–Kier alpha value is -3.84. The standard InChI is InChI=1S/C24H23N3O4/c1-3-31-24(29)25-16-9-6-8-15(14-16)23(28)27-21-17-10-4-5-12-19(17)26-22-18(21)11-7-13-20(22)30-2/h4-14,23,28H,3H2,1-2H3,(H,25,29)(H,26,27). The van der Waals surface area contributed by atoms with Gasteiger partial charge in [0.15, 0.2) is 6.23 Å². The summed E-state index contributed by atoms with van der Waals surface area (Å²) in [5.41, 5.74) is 3.35. The van der Waals surface area contributed by atoms with Crippen LogP contribution in [0.25, 0.3) is 21.8 Å². The van der Waals surface area contributed by atoms with Crippen molar-refractivity contribution >= 4 is 39.3 Å². The highest BCUT2D eigenvalue weighted by atomic mass is 16.5. The molecule has 1 amide bonds.